The Hall–Kier alpha value is -0.760. The number of aliphatic hydroxyl groups excluding tert-OH is 1. The number of unbranched alkanes of at least 4 members (excludes halogenated alkanes) is 23. The number of allylic oxidation sites excluding steroid dienone is 2. The number of hydrogen-bond acceptors (Lipinski definition) is 6. The summed E-state index contributed by atoms with van der Waals surface area (Å²) >= 11 is 0. The lowest BCUT2D eigenvalue weighted by Crippen LogP contribution is -2.46. The molecule has 0 saturated carbocycles. The van der Waals surface area contributed by atoms with Crippen LogP contribution in [0.3, 0.4) is 0 Å². The fourth-order valence-corrected chi connectivity index (χ4v) is 6.60. The van der Waals surface area contributed by atoms with Gasteiger partial charge in [-0.2, -0.15) is 0 Å². The van der Waals surface area contributed by atoms with Gasteiger partial charge in [0.2, 0.25) is 5.91 Å². The Morgan fingerprint density at radius 2 is 1.11 bits per heavy atom. The third-order valence-corrected chi connectivity index (χ3v) is 9.85. The molecule has 0 heterocycles. The van der Waals surface area contributed by atoms with E-state index in [9.17, 15) is 19.4 Å². The number of phosphoric acid groups is 1. The van der Waals surface area contributed by atoms with E-state index in [1.807, 2.05) is 0 Å². The Balaban J connectivity index is 4.21. The molecule has 0 spiro atoms. The first-order valence-corrected chi connectivity index (χ1v) is 21.3. The highest BCUT2D eigenvalue weighted by atomic mass is 31.2. The molecule has 9 heteroatoms. The van der Waals surface area contributed by atoms with E-state index in [-0.39, 0.29) is 25.7 Å². The first-order valence-electron chi connectivity index (χ1n) is 19.8. The van der Waals surface area contributed by atoms with Gasteiger partial charge in [-0.25, -0.2) is 4.57 Å². The van der Waals surface area contributed by atoms with E-state index < -0.39 is 20.0 Å². The van der Waals surface area contributed by atoms with Crippen LogP contribution >= 0.6 is 7.82 Å². The molecule has 0 aromatic carbocycles. The summed E-state index contributed by atoms with van der Waals surface area (Å²) in [6.07, 6.45) is 36.4. The highest BCUT2D eigenvalue weighted by Gasteiger charge is 2.27. The Kier molecular flexibility index (Phi) is 34.5. The number of aliphatic hydroxyl groups is 1. The molecule has 3 unspecified atom stereocenters. The second-order valence-electron chi connectivity index (χ2n) is 13.5. The van der Waals surface area contributed by atoms with Crippen molar-refractivity contribution in [3.8, 4) is 0 Å². The summed E-state index contributed by atoms with van der Waals surface area (Å²) in [4.78, 5) is 22.6. The molecule has 3 atom stereocenters. The fourth-order valence-electron chi connectivity index (χ4n) is 5.84. The Morgan fingerprint density at radius 1 is 0.681 bits per heavy atom. The molecule has 0 aromatic heterocycles. The van der Waals surface area contributed by atoms with Crippen molar-refractivity contribution < 1.29 is 28.4 Å². The molecule has 0 aromatic rings. The maximum atomic E-state index is 12.7. The molecule has 1 amide bonds. The molecule has 0 aliphatic heterocycles. The molecule has 0 aliphatic carbocycles. The summed E-state index contributed by atoms with van der Waals surface area (Å²) < 4.78 is 22.1. The molecule has 47 heavy (non-hydrogen) atoms. The van der Waals surface area contributed by atoms with Crippen LogP contribution in [-0.4, -0.2) is 47.8 Å². The average Bonchev–Trinajstić information content (AvgIpc) is 3.05. The normalized spacial score (nSPS) is 14.4. The third-order valence-electron chi connectivity index (χ3n) is 8.87. The number of nitrogens with two attached hydrogens (primary N) is 1. The predicted molar refractivity (Wildman–Crippen MR) is 198 cm³/mol. The zero-order chi connectivity index (χ0) is 34.7. The van der Waals surface area contributed by atoms with E-state index in [1.54, 1.807) is 0 Å². The molecule has 280 valence electrons. The van der Waals surface area contributed by atoms with Gasteiger partial charge in [-0.05, 0) is 38.5 Å². The van der Waals surface area contributed by atoms with Crippen LogP contribution in [0.25, 0.3) is 0 Å². The largest absolute Gasteiger partial charge is 0.472 e. The summed E-state index contributed by atoms with van der Waals surface area (Å²) in [6, 6.07) is -0.773. The number of nitrogens with one attached hydrogen (secondary N) is 1. The van der Waals surface area contributed by atoms with Gasteiger partial charge in [-0.1, -0.05) is 161 Å². The van der Waals surface area contributed by atoms with Crippen molar-refractivity contribution in [1.29, 1.82) is 0 Å². The lowest BCUT2D eigenvalue weighted by molar-refractivity contribution is -0.123. The number of amides is 1. The Labute approximate surface area is 290 Å². The summed E-state index contributed by atoms with van der Waals surface area (Å²) in [7, 11) is -4.31. The van der Waals surface area contributed by atoms with E-state index >= 15 is 0 Å². The van der Waals surface area contributed by atoms with Crippen molar-refractivity contribution in [2.75, 3.05) is 19.8 Å². The molecule has 5 N–H and O–H groups in total. The van der Waals surface area contributed by atoms with Crippen molar-refractivity contribution in [3.63, 3.8) is 0 Å². The SMILES string of the molecule is CCCCC/C=C\CCCCCCCC(=O)NC(COP(=O)(O)OCCN)C(O)CCCCCCCCCCCCCCCCCC. The van der Waals surface area contributed by atoms with Gasteiger partial charge in [0, 0.05) is 13.0 Å². The molecule has 0 bridgehead atoms. The molecule has 0 fully saturated rings. The van der Waals surface area contributed by atoms with Crippen molar-refractivity contribution >= 4 is 13.7 Å². The second-order valence-corrected chi connectivity index (χ2v) is 14.9. The zero-order valence-corrected chi connectivity index (χ0v) is 31.7. The molecule has 8 nitrogen and oxygen atoms in total. The van der Waals surface area contributed by atoms with E-state index in [0.29, 0.717) is 12.8 Å². The summed E-state index contributed by atoms with van der Waals surface area (Å²) in [5.74, 6) is -0.171. The highest BCUT2D eigenvalue weighted by molar-refractivity contribution is 7.47. The molecule has 0 radical (unpaired) electrons. The summed E-state index contributed by atoms with van der Waals surface area (Å²) in [6.45, 7) is 4.18. The lowest BCUT2D eigenvalue weighted by atomic mass is 10.0. The van der Waals surface area contributed by atoms with E-state index in [2.05, 4.69) is 31.3 Å². The van der Waals surface area contributed by atoms with Crippen LogP contribution in [0.2, 0.25) is 0 Å². The van der Waals surface area contributed by atoms with E-state index in [1.165, 1.54) is 116 Å². The topological polar surface area (TPSA) is 131 Å². The second kappa shape index (κ2) is 35.1. The third kappa shape index (κ3) is 33.5. The molecule has 0 rings (SSSR count). The number of hydrogen-bond donors (Lipinski definition) is 4. The van der Waals surface area contributed by atoms with Crippen molar-refractivity contribution in [2.45, 2.75) is 206 Å². The maximum Gasteiger partial charge on any atom is 0.472 e. The maximum absolute atomic E-state index is 12.7. The molecule has 0 saturated heterocycles. The van der Waals surface area contributed by atoms with Crippen LogP contribution in [0, 0.1) is 0 Å². The van der Waals surface area contributed by atoms with Crippen LogP contribution in [-0.2, 0) is 18.4 Å². The van der Waals surface area contributed by atoms with Gasteiger partial charge < -0.3 is 21.1 Å². The zero-order valence-electron chi connectivity index (χ0n) is 30.8. The van der Waals surface area contributed by atoms with Crippen LogP contribution in [0.1, 0.15) is 194 Å². The van der Waals surface area contributed by atoms with Crippen molar-refractivity contribution in [1.82, 2.24) is 5.32 Å². The summed E-state index contributed by atoms with van der Waals surface area (Å²) in [5.41, 5.74) is 5.36. The van der Waals surface area contributed by atoms with Gasteiger partial charge in [0.15, 0.2) is 0 Å². The van der Waals surface area contributed by atoms with Crippen LogP contribution < -0.4 is 11.1 Å². The minimum absolute atomic E-state index is 0.0890. The smallest absolute Gasteiger partial charge is 0.391 e. The summed E-state index contributed by atoms with van der Waals surface area (Å²) in [5, 5.41) is 13.7. The van der Waals surface area contributed by atoms with E-state index in [0.717, 1.165) is 51.4 Å². The first kappa shape index (κ1) is 46.2. The number of carbonyl (C=O) groups is 1. The van der Waals surface area contributed by atoms with Crippen molar-refractivity contribution in [3.05, 3.63) is 12.2 Å². The minimum Gasteiger partial charge on any atom is -0.391 e. The molecule has 0 aliphatic rings. The first-order chi connectivity index (χ1) is 22.9. The number of phosphoric ester groups is 1. The highest BCUT2D eigenvalue weighted by Crippen LogP contribution is 2.43. The van der Waals surface area contributed by atoms with Crippen LogP contribution in [0.4, 0.5) is 0 Å². The monoisotopic (exact) mass is 689 g/mol. The fraction of sp³-hybridized carbons (Fsp3) is 0.921. The number of carbonyl (C=O) groups excluding carboxylic acids is 1. The van der Waals surface area contributed by atoms with Gasteiger partial charge in [-0.15, -0.1) is 0 Å². The van der Waals surface area contributed by atoms with Gasteiger partial charge in [0.1, 0.15) is 0 Å². The van der Waals surface area contributed by atoms with Crippen LogP contribution in [0.5, 0.6) is 0 Å². The van der Waals surface area contributed by atoms with Gasteiger partial charge >= 0.3 is 7.82 Å². The van der Waals surface area contributed by atoms with Crippen molar-refractivity contribution in [2.24, 2.45) is 5.73 Å². The standard InChI is InChI=1S/C38H77N2O6P/c1-3-5-7-9-11-13-15-17-18-19-20-21-23-25-27-29-31-37(41)36(35-46-47(43,44)45-34-33-39)40-38(42)32-30-28-26-24-22-16-14-12-10-8-6-4-2/h12,14,36-37,41H,3-11,13,15-35,39H2,1-2H3,(H,40,42)(H,43,44)/b14-12-. The quantitative estimate of drug-likeness (QED) is 0.0290. The predicted octanol–water partition coefficient (Wildman–Crippen LogP) is 10.4. The van der Waals surface area contributed by atoms with Gasteiger partial charge in [0.05, 0.1) is 25.4 Å². The Morgan fingerprint density at radius 3 is 1.62 bits per heavy atom. The van der Waals surface area contributed by atoms with Gasteiger partial charge in [-0.3, -0.25) is 13.8 Å². The van der Waals surface area contributed by atoms with E-state index in [4.69, 9.17) is 14.8 Å². The number of rotatable bonds is 37. The lowest BCUT2D eigenvalue weighted by Gasteiger charge is -2.25. The van der Waals surface area contributed by atoms with Crippen LogP contribution in [0.15, 0.2) is 12.2 Å². The Bertz CT molecular complexity index is 754. The van der Waals surface area contributed by atoms with Gasteiger partial charge in [0.25, 0.3) is 0 Å². The molecular weight excluding hydrogens is 611 g/mol. The average molecular weight is 689 g/mol. The minimum atomic E-state index is -4.31. The molecular formula is C38H77N2O6P.